The fraction of sp³-hybridized carbons (Fsp3) is 0.600. The molecule has 1 heterocycles. The van der Waals surface area contributed by atoms with Crippen LogP contribution in [0.3, 0.4) is 0 Å². The minimum Gasteiger partial charge on any atom is -0.388 e. The molecule has 0 spiro atoms. The van der Waals surface area contributed by atoms with Gasteiger partial charge in [0.25, 0.3) is 0 Å². The van der Waals surface area contributed by atoms with Crippen molar-refractivity contribution in [3.05, 3.63) is 34.3 Å². The van der Waals surface area contributed by atoms with E-state index >= 15 is 0 Å². The number of morpholine rings is 1. The summed E-state index contributed by atoms with van der Waals surface area (Å²) in [5.74, 6) is 0. The Labute approximate surface area is 123 Å². The minimum absolute atomic E-state index is 0.289. The second-order valence-corrected chi connectivity index (χ2v) is 6.17. The number of aliphatic hydroxyl groups excluding tert-OH is 1. The summed E-state index contributed by atoms with van der Waals surface area (Å²) in [5.41, 5.74) is 0.969. The van der Waals surface area contributed by atoms with Crippen LogP contribution in [-0.4, -0.2) is 41.8 Å². The van der Waals surface area contributed by atoms with Crippen molar-refractivity contribution in [1.29, 1.82) is 0 Å². The van der Waals surface area contributed by atoms with Gasteiger partial charge in [-0.25, -0.2) is 0 Å². The van der Waals surface area contributed by atoms with Crippen molar-refractivity contribution in [3.63, 3.8) is 0 Å². The quantitative estimate of drug-likeness (QED) is 0.922. The Morgan fingerprint density at radius 2 is 2.16 bits per heavy atom. The molecule has 1 N–H and O–H groups in total. The molecule has 0 bridgehead atoms. The van der Waals surface area contributed by atoms with Crippen molar-refractivity contribution in [2.75, 3.05) is 19.7 Å². The van der Waals surface area contributed by atoms with Crippen LogP contribution in [-0.2, 0) is 4.74 Å². The Bertz CT molecular complexity index is 413. The zero-order chi connectivity index (χ0) is 13.8. The summed E-state index contributed by atoms with van der Waals surface area (Å²) in [4.78, 5) is 2.40. The molecule has 1 saturated heterocycles. The van der Waals surface area contributed by atoms with Gasteiger partial charge in [0.1, 0.15) is 0 Å². The van der Waals surface area contributed by atoms with E-state index in [1.807, 2.05) is 24.3 Å². The molecule has 0 aromatic heterocycles. The molecule has 0 radical (unpaired) electrons. The van der Waals surface area contributed by atoms with E-state index in [4.69, 9.17) is 4.74 Å². The van der Waals surface area contributed by atoms with Gasteiger partial charge >= 0.3 is 0 Å². The van der Waals surface area contributed by atoms with Gasteiger partial charge in [-0.15, -0.1) is 0 Å². The molecule has 1 aromatic carbocycles. The first kappa shape index (κ1) is 15.0. The molecule has 1 aliphatic rings. The summed E-state index contributed by atoms with van der Waals surface area (Å²) in [7, 11) is 0. The van der Waals surface area contributed by atoms with Crippen LogP contribution < -0.4 is 0 Å². The average molecular weight is 328 g/mol. The lowest BCUT2D eigenvalue weighted by molar-refractivity contribution is -0.0528. The summed E-state index contributed by atoms with van der Waals surface area (Å²) >= 11 is 3.49. The molecule has 19 heavy (non-hydrogen) atoms. The number of ether oxygens (including phenoxy) is 1. The van der Waals surface area contributed by atoms with Gasteiger partial charge in [0.05, 0.1) is 18.8 Å². The van der Waals surface area contributed by atoms with Gasteiger partial charge in [-0.2, -0.15) is 0 Å². The van der Waals surface area contributed by atoms with E-state index < -0.39 is 6.10 Å². The van der Waals surface area contributed by atoms with E-state index in [1.165, 1.54) is 0 Å². The highest BCUT2D eigenvalue weighted by molar-refractivity contribution is 9.10. The molecule has 106 valence electrons. The van der Waals surface area contributed by atoms with Gasteiger partial charge in [-0.1, -0.05) is 34.1 Å². The lowest BCUT2D eigenvalue weighted by Gasteiger charge is -2.37. The average Bonchev–Trinajstić information content (AvgIpc) is 2.40. The van der Waals surface area contributed by atoms with E-state index in [9.17, 15) is 5.11 Å². The van der Waals surface area contributed by atoms with Crippen molar-refractivity contribution in [3.8, 4) is 0 Å². The minimum atomic E-state index is -0.416. The Kier molecular flexibility index (Phi) is 5.39. The third-order valence-electron chi connectivity index (χ3n) is 3.69. The van der Waals surface area contributed by atoms with Crippen LogP contribution in [0.1, 0.15) is 31.9 Å². The Hall–Kier alpha value is -0.420. The van der Waals surface area contributed by atoms with E-state index in [0.717, 1.165) is 36.2 Å². The number of aliphatic hydroxyl groups is 1. The smallest absolute Gasteiger partial charge is 0.0813 e. The molecule has 1 aliphatic heterocycles. The maximum Gasteiger partial charge on any atom is 0.0813 e. The van der Waals surface area contributed by atoms with Crippen molar-refractivity contribution >= 4 is 15.9 Å². The van der Waals surface area contributed by atoms with Crippen LogP contribution in [0.2, 0.25) is 0 Å². The molecule has 3 atom stereocenters. The maximum atomic E-state index is 10.3. The predicted octanol–water partition coefficient (Wildman–Crippen LogP) is 2.98. The molecule has 2 rings (SSSR count). The first-order valence-electron chi connectivity index (χ1n) is 6.86. The first-order valence-corrected chi connectivity index (χ1v) is 7.65. The lowest BCUT2D eigenvalue weighted by Crippen LogP contribution is -2.47. The number of hydrogen-bond donors (Lipinski definition) is 1. The normalized spacial score (nSPS) is 26.3. The summed E-state index contributed by atoms with van der Waals surface area (Å²) in [6.07, 6.45) is 0.623. The SMILES string of the molecule is CC1CN(CCC(O)c2ccccc2Br)C(C)CO1. The van der Waals surface area contributed by atoms with Gasteiger partial charge in [0, 0.05) is 23.6 Å². The Morgan fingerprint density at radius 1 is 1.42 bits per heavy atom. The molecule has 3 unspecified atom stereocenters. The van der Waals surface area contributed by atoms with Crippen molar-refractivity contribution in [2.24, 2.45) is 0 Å². The molecular formula is C15H22BrNO2. The molecule has 0 saturated carbocycles. The Balaban J connectivity index is 1.89. The molecule has 1 fully saturated rings. The van der Waals surface area contributed by atoms with Gasteiger partial charge < -0.3 is 9.84 Å². The van der Waals surface area contributed by atoms with E-state index in [0.29, 0.717) is 6.04 Å². The molecule has 3 nitrogen and oxygen atoms in total. The summed E-state index contributed by atoms with van der Waals surface area (Å²) < 4.78 is 6.60. The second-order valence-electron chi connectivity index (χ2n) is 5.31. The largest absolute Gasteiger partial charge is 0.388 e. The highest BCUT2D eigenvalue weighted by Crippen LogP contribution is 2.26. The maximum absolute atomic E-state index is 10.3. The zero-order valence-corrected chi connectivity index (χ0v) is 13.1. The van der Waals surface area contributed by atoms with E-state index in [1.54, 1.807) is 0 Å². The van der Waals surface area contributed by atoms with Crippen molar-refractivity contribution in [1.82, 2.24) is 4.90 Å². The number of hydrogen-bond acceptors (Lipinski definition) is 3. The highest BCUT2D eigenvalue weighted by Gasteiger charge is 2.24. The van der Waals surface area contributed by atoms with E-state index in [2.05, 4.69) is 34.7 Å². The highest BCUT2D eigenvalue weighted by atomic mass is 79.9. The van der Waals surface area contributed by atoms with E-state index in [-0.39, 0.29) is 6.10 Å². The lowest BCUT2D eigenvalue weighted by atomic mass is 10.1. The monoisotopic (exact) mass is 327 g/mol. The summed E-state index contributed by atoms with van der Waals surface area (Å²) in [6, 6.07) is 8.30. The molecule has 1 aromatic rings. The van der Waals surface area contributed by atoms with Gasteiger partial charge in [0.2, 0.25) is 0 Å². The third kappa shape index (κ3) is 4.02. The second kappa shape index (κ2) is 6.84. The van der Waals surface area contributed by atoms with Crippen LogP contribution in [0.15, 0.2) is 28.7 Å². The van der Waals surface area contributed by atoms with Gasteiger partial charge in [0.15, 0.2) is 0 Å². The molecule has 0 amide bonds. The zero-order valence-electron chi connectivity index (χ0n) is 11.6. The standard InChI is InChI=1S/C15H22BrNO2/c1-11-10-19-12(2)9-17(11)8-7-15(18)13-5-3-4-6-14(13)16/h3-6,11-12,15,18H,7-10H2,1-2H3. The molecular weight excluding hydrogens is 306 g/mol. The van der Waals surface area contributed by atoms with Crippen molar-refractivity contribution in [2.45, 2.75) is 38.5 Å². The summed E-state index contributed by atoms with van der Waals surface area (Å²) in [6.45, 7) is 6.91. The van der Waals surface area contributed by atoms with Crippen molar-refractivity contribution < 1.29 is 9.84 Å². The first-order chi connectivity index (χ1) is 9.08. The fourth-order valence-electron chi connectivity index (χ4n) is 2.47. The topological polar surface area (TPSA) is 32.7 Å². The van der Waals surface area contributed by atoms with Crippen LogP contribution in [0.5, 0.6) is 0 Å². The number of benzene rings is 1. The van der Waals surface area contributed by atoms with Crippen LogP contribution in [0.4, 0.5) is 0 Å². The van der Waals surface area contributed by atoms with Gasteiger partial charge in [-0.05, 0) is 31.9 Å². The number of rotatable bonds is 4. The molecule has 0 aliphatic carbocycles. The fourth-order valence-corrected chi connectivity index (χ4v) is 3.02. The third-order valence-corrected chi connectivity index (χ3v) is 4.41. The van der Waals surface area contributed by atoms with Crippen LogP contribution in [0, 0.1) is 0 Å². The van der Waals surface area contributed by atoms with Crippen LogP contribution >= 0.6 is 15.9 Å². The number of halogens is 1. The Morgan fingerprint density at radius 3 is 2.89 bits per heavy atom. The summed E-state index contributed by atoms with van der Waals surface area (Å²) in [5, 5.41) is 10.3. The number of nitrogens with zero attached hydrogens (tertiary/aromatic N) is 1. The molecule has 4 heteroatoms. The van der Waals surface area contributed by atoms with Crippen LogP contribution in [0.25, 0.3) is 0 Å². The van der Waals surface area contributed by atoms with Gasteiger partial charge in [-0.3, -0.25) is 4.90 Å². The predicted molar refractivity (Wildman–Crippen MR) is 80.2 cm³/mol.